The molecule has 0 radical (unpaired) electrons. The summed E-state index contributed by atoms with van der Waals surface area (Å²) >= 11 is 1.95. The Morgan fingerprint density at radius 1 is 1.05 bits per heavy atom. The highest BCUT2D eigenvalue weighted by atomic mass is 32.2. The van der Waals surface area contributed by atoms with Crippen molar-refractivity contribution in [2.24, 2.45) is 0 Å². The third-order valence-electron chi connectivity index (χ3n) is 3.81. The summed E-state index contributed by atoms with van der Waals surface area (Å²) < 4.78 is 0. The van der Waals surface area contributed by atoms with Gasteiger partial charge in [0.25, 0.3) is 0 Å². The van der Waals surface area contributed by atoms with Gasteiger partial charge in [-0.25, -0.2) is 0 Å². The summed E-state index contributed by atoms with van der Waals surface area (Å²) in [6, 6.07) is 16.4. The van der Waals surface area contributed by atoms with Crippen LogP contribution in [0.4, 0.5) is 0 Å². The standard InChI is InChI=1S/C19H23NS/c1-14-9-15(2)11-16(10-14)13-21-19-6-4-3-5-17(19)12-20-18-7-8-18/h3-6,9-11,18,20H,7-8,12-13H2,1-2H3. The molecule has 0 atom stereocenters. The number of nitrogens with one attached hydrogen (secondary N) is 1. The first-order valence-corrected chi connectivity index (χ1v) is 8.70. The van der Waals surface area contributed by atoms with Crippen LogP contribution in [0.2, 0.25) is 0 Å². The zero-order valence-corrected chi connectivity index (χ0v) is 13.7. The maximum atomic E-state index is 3.62. The van der Waals surface area contributed by atoms with Crippen LogP contribution in [0.1, 0.15) is 35.1 Å². The van der Waals surface area contributed by atoms with Crippen molar-refractivity contribution < 1.29 is 0 Å². The van der Waals surface area contributed by atoms with E-state index in [9.17, 15) is 0 Å². The molecule has 2 heteroatoms. The maximum Gasteiger partial charge on any atom is 0.0232 e. The van der Waals surface area contributed by atoms with Crippen molar-refractivity contribution in [3.8, 4) is 0 Å². The summed E-state index contributed by atoms with van der Waals surface area (Å²) in [5.74, 6) is 1.04. The molecule has 110 valence electrons. The smallest absolute Gasteiger partial charge is 0.0232 e. The van der Waals surface area contributed by atoms with E-state index in [0.29, 0.717) is 0 Å². The molecule has 21 heavy (non-hydrogen) atoms. The van der Waals surface area contributed by atoms with Gasteiger partial charge in [-0.15, -0.1) is 11.8 Å². The molecular weight excluding hydrogens is 274 g/mol. The Labute approximate surface area is 132 Å². The van der Waals surface area contributed by atoms with Crippen LogP contribution < -0.4 is 5.32 Å². The molecule has 0 amide bonds. The predicted octanol–water partition coefficient (Wildman–Crippen LogP) is 4.85. The van der Waals surface area contributed by atoms with Gasteiger partial charge in [-0.1, -0.05) is 47.5 Å². The Morgan fingerprint density at radius 3 is 2.48 bits per heavy atom. The van der Waals surface area contributed by atoms with Crippen molar-refractivity contribution in [1.29, 1.82) is 0 Å². The minimum Gasteiger partial charge on any atom is -0.310 e. The normalized spacial score (nSPS) is 14.4. The molecule has 0 aromatic heterocycles. The molecule has 0 heterocycles. The fourth-order valence-corrected chi connectivity index (χ4v) is 3.64. The highest BCUT2D eigenvalue weighted by Gasteiger charge is 2.20. The number of rotatable bonds is 6. The van der Waals surface area contributed by atoms with Gasteiger partial charge in [0, 0.05) is 23.2 Å². The van der Waals surface area contributed by atoms with Gasteiger partial charge in [-0.05, 0) is 43.9 Å². The van der Waals surface area contributed by atoms with E-state index < -0.39 is 0 Å². The molecule has 0 spiro atoms. The average Bonchev–Trinajstić information content (AvgIpc) is 3.27. The Balaban J connectivity index is 1.66. The quantitative estimate of drug-likeness (QED) is 0.765. The molecule has 0 bridgehead atoms. The van der Waals surface area contributed by atoms with E-state index in [1.54, 1.807) is 0 Å². The van der Waals surface area contributed by atoms with Gasteiger partial charge in [0.05, 0.1) is 0 Å². The molecule has 2 aromatic rings. The largest absolute Gasteiger partial charge is 0.310 e. The van der Waals surface area contributed by atoms with E-state index in [4.69, 9.17) is 0 Å². The van der Waals surface area contributed by atoms with E-state index in [1.807, 2.05) is 11.8 Å². The topological polar surface area (TPSA) is 12.0 Å². The fourth-order valence-electron chi connectivity index (χ4n) is 2.65. The molecule has 1 fully saturated rings. The second-order valence-electron chi connectivity index (χ2n) is 6.05. The second kappa shape index (κ2) is 6.67. The lowest BCUT2D eigenvalue weighted by Crippen LogP contribution is -2.15. The minimum absolute atomic E-state index is 0.766. The zero-order valence-electron chi connectivity index (χ0n) is 12.9. The number of benzene rings is 2. The van der Waals surface area contributed by atoms with Gasteiger partial charge >= 0.3 is 0 Å². The van der Waals surface area contributed by atoms with Gasteiger partial charge in [-0.2, -0.15) is 0 Å². The molecule has 2 aromatic carbocycles. The maximum absolute atomic E-state index is 3.62. The zero-order chi connectivity index (χ0) is 14.7. The number of thioether (sulfide) groups is 1. The predicted molar refractivity (Wildman–Crippen MR) is 91.8 cm³/mol. The molecule has 0 saturated heterocycles. The molecule has 1 saturated carbocycles. The molecular formula is C19H23NS. The van der Waals surface area contributed by atoms with Gasteiger partial charge < -0.3 is 5.32 Å². The molecule has 0 unspecified atom stereocenters. The lowest BCUT2D eigenvalue weighted by Gasteiger charge is -2.10. The summed E-state index contributed by atoms with van der Waals surface area (Å²) in [5, 5.41) is 3.62. The first kappa shape index (κ1) is 14.7. The Hall–Kier alpha value is -1.25. The van der Waals surface area contributed by atoms with E-state index in [-0.39, 0.29) is 0 Å². The minimum atomic E-state index is 0.766. The molecule has 3 rings (SSSR count). The summed E-state index contributed by atoms with van der Waals surface area (Å²) in [6.07, 6.45) is 2.69. The van der Waals surface area contributed by atoms with E-state index in [0.717, 1.165) is 18.3 Å². The summed E-state index contributed by atoms with van der Waals surface area (Å²) in [7, 11) is 0. The summed E-state index contributed by atoms with van der Waals surface area (Å²) in [5.41, 5.74) is 5.56. The first-order valence-electron chi connectivity index (χ1n) is 7.72. The Morgan fingerprint density at radius 2 is 1.76 bits per heavy atom. The van der Waals surface area contributed by atoms with Gasteiger partial charge in [0.1, 0.15) is 0 Å². The number of hydrogen-bond acceptors (Lipinski definition) is 2. The van der Waals surface area contributed by atoms with Crippen LogP contribution in [0.3, 0.4) is 0 Å². The summed E-state index contributed by atoms with van der Waals surface area (Å²) in [4.78, 5) is 1.41. The van der Waals surface area contributed by atoms with E-state index >= 15 is 0 Å². The van der Waals surface area contributed by atoms with Crippen LogP contribution in [0, 0.1) is 13.8 Å². The van der Waals surface area contributed by atoms with Crippen LogP contribution in [-0.4, -0.2) is 6.04 Å². The van der Waals surface area contributed by atoms with E-state index in [2.05, 4.69) is 61.6 Å². The first-order chi connectivity index (χ1) is 10.2. The molecule has 1 aliphatic rings. The summed E-state index contributed by atoms with van der Waals surface area (Å²) in [6.45, 7) is 5.35. The average molecular weight is 297 g/mol. The Kier molecular flexibility index (Phi) is 4.67. The van der Waals surface area contributed by atoms with Crippen molar-refractivity contribution in [1.82, 2.24) is 5.32 Å². The SMILES string of the molecule is Cc1cc(C)cc(CSc2ccccc2CNC2CC2)c1. The van der Waals surface area contributed by atoms with Crippen LogP contribution >= 0.6 is 11.8 Å². The molecule has 1 aliphatic carbocycles. The van der Waals surface area contributed by atoms with Gasteiger partial charge in [0.2, 0.25) is 0 Å². The van der Waals surface area contributed by atoms with Crippen molar-refractivity contribution in [3.63, 3.8) is 0 Å². The van der Waals surface area contributed by atoms with E-state index in [1.165, 1.54) is 40.0 Å². The molecule has 1 nitrogen and oxygen atoms in total. The lowest BCUT2D eigenvalue weighted by molar-refractivity contribution is 0.680. The van der Waals surface area contributed by atoms with Gasteiger partial charge in [-0.3, -0.25) is 0 Å². The molecule has 1 N–H and O–H groups in total. The van der Waals surface area contributed by atoms with Gasteiger partial charge in [0.15, 0.2) is 0 Å². The van der Waals surface area contributed by atoms with Crippen LogP contribution in [0.25, 0.3) is 0 Å². The monoisotopic (exact) mass is 297 g/mol. The van der Waals surface area contributed by atoms with Crippen molar-refractivity contribution in [2.45, 2.75) is 49.9 Å². The van der Waals surface area contributed by atoms with Crippen LogP contribution in [-0.2, 0) is 12.3 Å². The van der Waals surface area contributed by atoms with Crippen molar-refractivity contribution >= 4 is 11.8 Å². The van der Waals surface area contributed by atoms with Crippen molar-refractivity contribution in [3.05, 3.63) is 64.7 Å². The molecule has 0 aliphatic heterocycles. The number of aryl methyl sites for hydroxylation is 2. The fraction of sp³-hybridized carbons (Fsp3) is 0.368. The highest BCUT2D eigenvalue weighted by Crippen LogP contribution is 2.28. The Bertz CT molecular complexity index is 596. The third-order valence-corrected chi connectivity index (χ3v) is 4.99. The highest BCUT2D eigenvalue weighted by molar-refractivity contribution is 7.98. The number of hydrogen-bond donors (Lipinski definition) is 1. The van der Waals surface area contributed by atoms with Crippen molar-refractivity contribution in [2.75, 3.05) is 0 Å². The third kappa shape index (κ3) is 4.36. The van der Waals surface area contributed by atoms with Crippen LogP contribution in [0.5, 0.6) is 0 Å². The lowest BCUT2D eigenvalue weighted by atomic mass is 10.1. The second-order valence-corrected chi connectivity index (χ2v) is 7.06. The van der Waals surface area contributed by atoms with Crippen LogP contribution in [0.15, 0.2) is 47.4 Å².